The Bertz CT molecular complexity index is 134. The zero-order valence-corrected chi connectivity index (χ0v) is 15.5. The van der Waals surface area contributed by atoms with Gasteiger partial charge >= 0.3 is 21.7 Å². The molecular weight excluding hydrogens is 280 g/mol. The summed E-state index contributed by atoms with van der Waals surface area (Å²) in [4.78, 5) is 0. The largest absolute Gasteiger partial charge is 4.00 e. The number of rotatable bonds is 16. The van der Waals surface area contributed by atoms with Crippen molar-refractivity contribution in [1.29, 1.82) is 0 Å². The monoisotopic (exact) mass is 318 g/mol. The van der Waals surface area contributed by atoms with Crippen LogP contribution in [0.15, 0.2) is 0 Å². The summed E-state index contributed by atoms with van der Waals surface area (Å²) in [5.41, 5.74) is 0. The molecular formula is C18H38OTi+4. The second-order valence-corrected chi connectivity index (χ2v) is 6.03. The molecule has 0 heterocycles. The predicted octanol–water partition coefficient (Wildman–Crippen LogP) is 6.24. The van der Waals surface area contributed by atoms with Crippen molar-refractivity contribution in [2.75, 3.05) is 6.61 Å². The maximum Gasteiger partial charge on any atom is 4.00 e. The molecule has 0 aromatic heterocycles. The van der Waals surface area contributed by atoms with Crippen LogP contribution < -0.4 is 0 Å². The predicted molar refractivity (Wildman–Crippen MR) is 86.6 cm³/mol. The van der Waals surface area contributed by atoms with Crippen LogP contribution >= 0.6 is 0 Å². The Kier molecular flexibility index (Phi) is 25.2. The zero-order chi connectivity index (χ0) is 14.0. The molecule has 0 radical (unpaired) electrons. The second-order valence-electron chi connectivity index (χ2n) is 6.03. The zero-order valence-electron chi connectivity index (χ0n) is 14.0. The topological polar surface area (TPSA) is 20.2 Å². The second kappa shape index (κ2) is 22.0. The molecule has 20 heavy (non-hydrogen) atoms. The van der Waals surface area contributed by atoms with Crippen LogP contribution in [0.25, 0.3) is 0 Å². The molecule has 116 valence electrons. The van der Waals surface area contributed by atoms with Crippen molar-refractivity contribution in [2.24, 2.45) is 0 Å². The summed E-state index contributed by atoms with van der Waals surface area (Å²) in [6.45, 7) is 2.66. The van der Waals surface area contributed by atoms with Gasteiger partial charge in [0.1, 0.15) is 0 Å². The van der Waals surface area contributed by atoms with E-state index in [0.717, 1.165) is 6.42 Å². The van der Waals surface area contributed by atoms with Gasteiger partial charge in [0.2, 0.25) is 0 Å². The van der Waals surface area contributed by atoms with Gasteiger partial charge in [-0.1, -0.05) is 103 Å². The van der Waals surface area contributed by atoms with Crippen LogP contribution in [0.2, 0.25) is 0 Å². The average Bonchev–Trinajstić information content (AvgIpc) is 2.43. The molecule has 0 aromatic rings. The summed E-state index contributed by atoms with van der Waals surface area (Å²) in [7, 11) is 0. The Hall–Kier alpha value is 0.674. The SMILES string of the molecule is CCCCCCCCCCCCCCCCCCO.[Ti+4]. The van der Waals surface area contributed by atoms with Crippen molar-refractivity contribution in [1.82, 2.24) is 0 Å². The smallest absolute Gasteiger partial charge is 0.396 e. The molecule has 0 unspecified atom stereocenters. The Labute approximate surface area is 143 Å². The third-order valence-corrected chi connectivity index (χ3v) is 4.01. The van der Waals surface area contributed by atoms with E-state index in [2.05, 4.69) is 6.92 Å². The maximum atomic E-state index is 8.67. The van der Waals surface area contributed by atoms with Gasteiger partial charge in [0, 0.05) is 6.61 Å². The first-order valence-corrected chi connectivity index (χ1v) is 9.02. The first-order valence-electron chi connectivity index (χ1n) is 9.02. The minimum Gasteiger partial charge on any atom is -0.396 e. The van der Waals surface area contributed by atoms with Crippen LogP contribution in [0.4, 0.5) is 0 Å². The van der Waals surface area contributed by atoms with Crippen LogP contribution in [-0.2, 0) is 21.7 Å². The Morgan fingerprint density at radius 2 is 0.700 bits per heavy atom. The molecule has 2 heteroatoms. The van der Waals surface area contributed by atoms with Crippen molar-refractivity contribution in [3.63, 3.8) is 0 Å². The van der Waals surface area contributed by atoms with E-state index in [0.29, 0.717) is 6.61 Å². The van der Waals surface area contributed by atoms with Crippen LogP contribution in [0.1, 0.15) is 110 Å². The minimum absolute atomic E-state index is 0. The Morgan fingerprint density at radius 1 is 0.450 bits per heavy atom. The summed E-state index contributed by atoms with van der Waals surface area (Å²) in [6.07, 6.45) is 22.2. The molecule has 0 spiro atoms. The molecule has 0 saturated carbocycles. The van der Waals surface area contributed by atoms with Crippen LogP contribution in [0.3, 0.4) is 0 Å². The Balaban J connectivity index is 0. The molecule has 1 nitrogen and oxygen atoms in total. The van der Waals surface area contributed by atoms with Crippen molar-refractivity contribution < 1.29 is 26.8 Å². The summed E-state index contributed by atoms with van der Waals surface area (Å²) in [6, 6.07) is 0. The summed E-state index contributed by atoms with van der Waals surface area (Å²) >= 11 is 0. The maximum absolute atomic E-state index is 8.67. The normalized spacial score (nSPS) is 10.5. The molecule has 0 aliphatic heterocycles. The average molecular weight is 318 g/mol. The molecule has 0 aliphatic rings. The Morgan fingerprint density at radius 3 is 0.950 bits per heavy atom. The summed E-state index contributed by atoms with van der Waals surface area (Å²) in [5.74, 6) is 0. The van der Waals surface area contributed by atoms with Crippen LogP contribution in [-0.4, -0.2) is 11.7 Å². The quantitative estimate of drug-likeness (QED) is 0.264. The van der Waals surface area contributed by atoms with Crippen molar-refractivity contribution >= 4 is 0 Å². The van der Waals surface area contributed by atoms with Gasteiger partial charge in [0.15, 0.2) is 0 Å². The van der Waals surface area contributed by atoms with E-state index in [-0.39, 0.29) is 21.7 Å². The molecule has 0 fully saturated rings. The van der Waals surface area contributed by atoms with E-state index in [1.807, 2.05) is 0 Å². The molecule has 0 amide bonds. The standard InChI is InChI=1S/C18H38O.Ti/c1-2-3-4-5-6-7-8-9-10-11-12-13-14-15-16-17-18-19;/h19H,2-18H2,1H3;/q;+4. The van der Waals surface area contributed by atoms with Crippen molar-refractivity contribution in [3.8, 4) is 0 Å². The fourth-order valence-corrected chi connectivity index (χ4v) is 2.66. The van der Waals surface area contributed by atoms with E-state index < -0.39 is 0 Å². The number of hydrogen-bond donors (Lipinski definition) is 1. The number of aliphatic hydroxyl groups excluding tert-OH is 1. The van der Waals surface area contributed by atoms with Gasteiger partial charge in [-0.2, -0.15) is 0 Å². The van der Waals surface area contributed by atoms with Gasteiger partial charge in [-0.05, 0) is 6.42 Å². The molecule has 0 aromatic carbocycles. The van der Waals surface area contributed by atoms with Gasteiger partial charge in [0.25, 0.3) is 0 Å². The summed E-state index contributed by atoms with van der Waals surface area (Å²) < 4.78 is 0. The van der Waals surface area contributed by atoms with Gasteiger partial charge in [-0.3, -0.25) is 0 Å². The van der Waals surface area contributed by atoms with E-state index in [1.165, 1.54) is 96.3 Å². The first kappa shape index (κ1) is 22.9. The van der Waals surface area contributed by atoms with Crippen molar-refractivity contribution in [3.05, 3.63) is 0 Å². The molecule has 0 aliphatic carbocycles. The summed E-state index contributed by atoms with van der Waals surface area (Å²) in [5, 5.41) is 8.67. The number of unbranched alkanes of at least 4 members (excludes halogenated alkanes) is 15. The van der Waals surface area contributed by atoms with Crippen LogP contribution in [0.5, 0.6) is 0 Å². The third kappa shape index (κ3) is 21.0. The van der Waals surface area contributed by atoms with Gasteiger partial charge in [0.05, 0.1) is 0 Å². The fourth-order valence-electron chi connectivity index (χ4n) is 2.66. The molecule has 0 rings (SSSR count). The third-order valence-electron chi connectivity index (χ3n) is 4.01. The number of hydrogen-bond acceptors (Lipinski definition) is 1. The molecule has 0 atom stereocenters. The molecule has 1 N–H and O–H groups in total. The van der Waals surface area contributed by atoms with Crippen molar-refractivity contribution in [2.45, 2.75) is 110 Å². The fraction of sp³-hybridized carbons (Fsp3) is 1.00. The van der Waals surface area contributed by atoms with Gasteiger partial charge in [-0.15, -0.1) is 0 Å². The van der Waals surface area contributed by atoms with Crippen LogP contribution in [0, 0.1) is 0 Å². The van der Waals surface area contributed by atoms with Gasteiger partial charge < -0.3 is 5.11 Å². The first-order chi connectivity index (χ1) is 9.41. The minimum atomic E-state index is 0. The van der Waals surface area contributed by atoms with E-state index in [4.69, 9.17) is 5.11 Å². The van der Waals surface area contributed by atoms with E-state index in [9.17, 15) is 0 Å². The van der Waals surface area contributed by atoms with Gasteiger partial charge in [-0.25, -0.2) is 0 Å². The number of aliphatic hydroxyl groups is 1. The van der Waals surface area contributed by atoms with E-state index in [1.54, 1.807) is 0 Å². The molecule has 0 saturated heterocycles. The van der Waals surface area contributed by atoms with E-state index >= 15 is 0 Å². The molecule has 0 bridgehead atoms.